The molecule has 4 nitrogen and oxygen atoms in total. The minimum absolute atomic E-state index is 0.0670. The van der Waals surface area contributed by atoms with Gasteiger partial charge in [0.15, 0.2) is 0 Å². The molecule has 2 N–H and O–H groups in total. The number of amides is 1. The molecule has 0 heterocycles. The van der Waals surface area contributed by atoms with Crippen LogP contribution >= 0.6 is 0 Å². The van der Waals surface area contributed by atoms with E-state index in [4.69, 9.17) is 0 Å². The highest BCUT2D eigenvalue weighted by Gasteiger charge is 2.17. The van der Waals surface area contributed by atoms with Gasteiger partial charge in [0.2, 0.25) is 5.91 Å². The van der Waals surface area contributed by atoms with E-state index in [-0.39, 0.29) is 35.7 Å². The van der Waals surface area contributed by atoms with Gasteiger partial charge in [0.05, 0.1) is 5.56 Å². The van der Waals surface area contributed by atoms with Crippen LogP contribution < -0.4 is 5.32 Å². The Labute approximate surface area is 153 Å². The molecule has 26 heavy (non-hydrogen) atoms. The van der Waals surface area contributed by atoms with Crippen molar-refractivity contribution in [1.82, 2.24) is 5.32 Å². The van der Waals surface area contributed by atoms with Crippen LogP contribution in [0.25, 0.3) is 0 Å². The van der Waals surface area contributed by atoms with E-state index >= 15 is 0 Å². The summed E-state index contributed by atoms with van der Waals surface area (Å²) in [4.78, 5) is 23.6. The number of aryl methyl sites for hydroxylation is 1. The van der Waals surface area contributed by atoms with E-state index in [1.165, 1.54) is 12.1 Å². The van der Waals surface area contributed by atoms with Gasteiger partial charge < -0.3 is 10.4 Å². The molecule has 0 radical (unpaired) electrons. The first-order valence-corrected chi connectivity index (χ1v) is 8.72. The van der Waals surface area contributed by atoms with E-state index in [0.717, 1.165) is 5.56 Å². The Balaban J connectivity index is 1.95. The smallest absolute Gasteiger partial charge is 0.335 e. The monoisotopic (exact) mass is 357 g/mol. The van der Waals surface area contributed by atoms with E-state index in [2.05, 4.69) is 5.32 Å². The molecule has 0 aliphatic rings. The molecule has 2 rings (SSSR count). The molecular weight excluding hydrogens is 333 g/mol. The predicted octanol–water partition coefficient (Wildman–Crippen LogP) is 3.84. The summed E-state index contributed by atoms with van der Waals surface area (Å²) < 4.78 is 13.0. The zero-order valence-corrected chi connectivity index (χ0v) is 15.0. The highest BCUT2D eigenvalue weighted by molar-refractivity contribution is 5.89. The quantitative estimate of drug-likeness (QED) is 0.754. The fourth-order valence-electron chi connectivity index (χ4n) is 2.80. The van der Waals surface area contributed by atoms with Crippen LogP contribution in [-0.4, -0.2) is 23.0 Å². The molecule has 0 spiro atoms. The Kier molecular flexibility index (Phi) is 6.89. The summed E-state index contributed by atoms with van der Waals surface area (Å²) in [5.74, 6) is -1.17. The number of carbonyl (C=O) groups excluding carboxylic acids is 1. The lowest BCUT2D eigenvalue weighted by Gasteiger charge is -2.23. The lowest BCUT2D eigenvalue weighted by atomic mass is 9.96. The Morgan fingerprint density at radius 3 is 2.35 bits per heavy atom. The fraction of sp³-hybridized carbons (Fsp3) is 0.333. The van der Waals surface area contributed by atoms with Gasteiger partial charge in [-0.1, -0.05) is 44.2 Å². The maximum atomic E-state index is 13.0. The SMILES string of the molecule is CC(C)C(Cc1ccc(F)cc1)NC(=O)CCc1ccccc1C(=O)O. The van der Waals surface area contributed by atoms with Crippen molar-refractivity contribution in [2.24, 2.45) is 5.92 Å². The van der Waals surface area contributed by atoms with Crippen LogP contribution in [0.4, 0.5) is 4.39 Å². The number of benzene rings is 2. The van der Waals surface area contributed by atoms with Crippen molar-refractivity contribution in [2.45, 2.75) is 39.2 Å². The van der Waals surface area contributed by atoms with Gasteiger partial charge in [0.1, 0.15) is 5.82 Å². The summed E-state index contributed by atoms with van der Waals surface area (Å²) in [6.07, 6.45) is 1.21. The van der Waals surface area contributed by atoms with Crippen LogP contribution in [0.5, 0.6) is 0 Å². The third kappa shape index (κ3) is 5.69. The number of nitrogens with one attached hydrogen (secondary N) is 1. The van der Waals surface area contributed by atoms with E-state index in [9.17, 15) is 19.1 Å². The van der Waals surface area contributed by atoms with Gasteiger partial charge in [-0.25, -0.2) is 9.18 Å². The first kappa shape index (κ1) is 19.6. The van der Waals surface area contributed by atoms with Gasteiger partial charge in [-0.2, -0.15) is 0 Å². The number of hydrogen-bond acceptors (Lipinski definition) is 2. The Morgan fingerprint density at radius 2 is 1.73 bits per heavy atom. The van der Waals surface area contributed by atoms with Crippen LogP contribution in [0.2, 0.25) is 0 Å². The topological polar surface area (TPSA) is 66.4 Å². The summed E-state index contributed by atoms with van der Waals surface area (Å²) in [6.45, 7) is 4.04. The van der Waals surface area contributed by atoms with E-state index < -0.39 is 5.97 Å². The Hall–Kier alpha value is -2.69. The van der Waals surface area contributed by atoms with Crippen molar-refractivity contribution >= 4 is 11.9 Å². The third-order valence-electron chi connectivity index (χ3n) is 4.39. The van der Waals surface area contributed by atoms with Crippen LogP contribution in [0.1, 0.15) is 41.8 Å². The number of carboxylic acids is 1. The molecule has 1 atom stereocenters. The molecule has 0 saturated heterocycles. The van der Waals surface area contributed by atoms with Crippen LogP contribution in [-0.2, 0) is 17.6 Å². The predicted molar refractivity (Wildman–Crippen MR) is 98.6 cm³/mol. The van der Waals surface area contributed by atoms with Gasteiger partial charge >= 0.3 is 5.97 Å². The van der Waals surface area contributed by atoms with Crippen molar-refractivity contribution in [3.63, 3.8) is 0 Å². The van der Waals surface area contributed by atoms with Gasteiger partial charge in [-0.15, -0.1) is 0 Å². The highest BCUT2D eigenvalue weighted by Crippen LogP contribution is 2.14. The van der Waals surface area contributed by atoms with Gasteiger partial charge in [0.25, 0.3) is 0 Å². The number of rotatable bonds is 8. The number of carbonyl (C=O) groups is 2. The first-order valence-electron chi connectivity index (χ1n) is 8.72. The minimum atomic E-state index is -0.989. The molecule has 0 aliphatic heterocycles. The number of hydrogen-bond donors (Lipinski definition) is 2. The van der Waals surface area contributed by atoms with Crippen molar-refractivity contribution in [1.29, 1.82) is 0 Å². The summed E-state index contributed by atoms with van der Waals surface area (Å²) in [7, 11) is 0. The zero-order valence-electron chi connectivity index (χ0n) is 15.0. The maximum absolute atomic E-state index is 13.0. The molecule has 1 unspecified atom stereocenters. The van der Waals surface area contributed by atoms with Gasteiger partial charge in [-0.05, 0) is 48.1 Å². The van der Waals surface area contributed by atoms with E-state index in [0.29, 0.717) is 18.4 Å². The largest absolute Gasteiger partial charge is 0.478 e. The molecular formula is C21H24FNO3. The molecule has 1 amide bonds. The second kappa shape index (κ2) is 9.13. The first-order chi connectivity index (χ1) is 12.4. The van der Waals surface area contributed by atoms with Crippen molar-refractivity contribution in [2.75, 3.05) is 0 Å². The maximum Gasteiger partial charge on any atom is 0.335 e. The average molecular weight is 357 g/mol. The van der Waals surface area contributed by atoms with Crippen molar-refractivity contribution < 1.29 is 19.1 Å². The second-order valence-corrected chi connectivity index (χ2v) is 6.71. The number of carboxylic acid groups (broad SMARTS) is 1. The summed E-state index contributed by atoms with van der Waals surface area (Å²) >= 11 is 0. The van der Waals surface area contributed by atoms with Crippen LogP contribution in [0, 0.1) is 11.7 Å². The van der Waals surface area contributed by atoms with E-state index in [1.54, 1.807) is 36.4 Å². The average Bonchev–Trinajstić information content (AvgIpc) is 2.61. The lowest BCUT2D eigenvalue weighted by molar-refractivity contribution is -0.122. The summed E-state index contributed by atoms with van der Waals surface area (Å²) in [5.41, 5.74) is 1.84. The molecule has 0 fully saturated rings. The Morgan fingerprint density at radius 1 is 1.08 bits per heavy atom. The third-order valence-corrected chi connectivity index (χ3v) is 4.39. The molecule has 0 aliphatic carbocycles. The molecule has 5 heteroatoms. The highest BCUT2D eigenvalue weighted by atomic mass is 19.1. The zero-order chi connectivity index (χ0) is 19.1. The van der Waals surface area contributed by atoms with Crippen molar-refractivity contribution in [3.8, 4) is 0 Å². The minimum Gasteiger partial charge on any atom is -0.478 e. The molecule has 2 aromatic rings. The Bertz CT molecular complexity index is 756. The second-order valence-electron chi connectivity index (χ2n) is 6.71. The molecule has 0 bridgehead atoms. The van der Waals surface area contributed by atoms with Gasteiger partial charge in [-0.3, -0.25) is 4.79 Å². The molecule has 0 saturated carbocycles. The molecule has 2 aromatic carbocycles. The normalized spacial score (nSPS) is 12.0. The standard InChI is InChI=1S/C21H24FNO3/c1-14(2)19(13-15-7-10-17(22)11-8-15)23-20(24)12-9-16-5-3-4-6-18(16)21(25)26/h3-8,10-11,14,19H,9,12-13H2,1-2H3,(H,23,24)(H,25,26). The van der Waals surface area contributed by atoms with Crippen LogP contribution in [0.3, 0.4) is 0 Å². The summed E-state index contributed by atoms with van der Waals surface area (Å²) in [5, 5.41) is 12.2. The fourth-order valence-corrected chi connectivity index (χ4v) is 2.80. The molecule has 138 valence electrons. The molecule has 0 aromatic heterocycles. The number of halogens is 1. The van der Waals surface area contributed by atoms with Crippen LogP contribution in [0.15, 0.2) is 48.5 Å². The van der Waals surface area contributed by atoms with Crippen molar-refractivity contribution in [3.05, 3.63) is 71.0 Å². The summed E-state index contributed by atoms with van der Waals surface area (Å²) in [6, 6.07) is 12.9. The number of aromatic carboxylic acids is 1. The lowest BCUT2D eigenvalue weighted by Crippen LogP contribution is -2.40. The van der Waals surface area contributed by atoms with E-state index in [1.807, 2.05) is 13.8 Å². The van der Waals surface area contributed by atoms with Gasteiger partial charge in [0, 0.05) is 12.5 Å².